The highest BCUT2D eigenvalue weighted by atomic mass is 79.9. The van der Waals surface area contributed by atoms with Crippen molar-refractivity contribution in [1.29, 1.82) is 0 Å². The van der Waals surface area contributed by atoms with Gasteiger partial charge in [0, 0.05) is 14.5 Å². The molecule has 0 aliphatic heterocycles. The predicted octanol–water partition coefficient (Wildman–Crippen LogP) is 5.87. The summed E-state index contributed by atoms with van der Waals surface area (Å²) in [5, 5.41) is -0.394. The Morgan fingerprint density at radius 3 is 2.50 bits per heavy atom. The van der Waals surface area contributed by atoms with Gasteiger partial charge >= 0.3 is 0 Å². The minimum absolute atomic E-state index is 0.278. The fourth-order valence-electron chi connectivity index (χ4n) is 1.78. The molecule has 0 fully saturated rings. The molecule has 0 radical (unpaired) electrons. The molecule has 1 atom stereocenters. The van der Waals surface area contributed by atoms with E-state index in [4.69, 9.17) is 11.6 Å². The minimum Gasteiger partial charge on any atom is -0.207 e. The smallest absolute Gasteiger partial charge is 0.129 e. The SMILES string of the molecule is Fc1cccc(Br)c1C(Cl)Cc1cccc(Br)c1. The second-order valence-corrected chi connectivity index (χ2v) is 6.23. The Balaban J connectivity index is 2.25. The van der Waals surface area contributed by atoms with E-state index in [1.165, 1.54) is 6.07 Å². The van der Waals surface area contributed by atoms with Gasteiger partial charge in [-0.2, -0.15) is 0 Å². The average molecular weight is 392 g/mol. The van der Waals surface area contributed by atoms with Crippen LogP contribution in [0.1, 0.15) is 16.5 Å². The van der Waals surface area contributed by atoms with Crippen LogP contribution in [0.25, 0.3) is 0 Å². The molecule has 18 heavy (non-hydrogen) atoms. The summed E-state index contributed by atoms with van der Waals surface area (Å²) in [4.78, 5) is 0. The Hall–Kier alpha value is -0.380. The fraction of sp³-hybridized carbons (Fsp3) is 0.143. The van der Waals surface area contributed by atoms with Gasteiger partial charge in [0.2, 0.25) is 0 Å². The summed E-state index contributed by atoms with van der Waals surface area (Å²) in [5.41, 5.74) is 1.58. The Morgan fingerprint density at radius 1 is 1.11 bits per heavy atom. The molecule has 2 aromatic carbocycles. The van der Waals surface area contributed by atoms with Crippen molar-refractivity contribution in [3.05, 3.63) is 68.4 Å². The van der Waals surface area contributed by atoms with Gasteiger partial charge in [-0.05, 0) is 36.2 Å². The monoisotopic (exact) mass is 390 g/mol. The number of hydrogen-bond acceptors (Lipinski definition) is 0. The van der Waals surface area contributed by atoms with Gasteiger partial charge in [0.1, 0.15) is 5.82 Å². The summed E-state index contributed by atoms with van der Waals surface area (Å²) in [6.45, 7) is 0. The van der Waals surface area contributed by atoms with Crippen LogP contribution in [0.5, 0.6) is 0 Å². The van der Waals surface area contributed by atoms with Crippen LogP contribution in [0.15, 0.2) is 51.4 Å². The van der Waals surface area contributed by atoms with Crippen LogP contribution in [0.2, 0.25) is 0 Å². The normalized spacial score (nSPS) is 12.4. The van der Waals surface area contributed by atoms with Crippen LogP contribution in [-0.4, -0.2) is 0 Å². The summed E-state index contributed by atoms with van der Waals surface area (Å²) in [6, 6.07) is 12.8. The van der Waals surface area contributed by atoms with Gasteiger partial charge < -0.3 is 0 Å². The van der Waals surface area contributed by atoms with Crippen molar-refractivity contribution in [2.45, 2.75) is 11.8 Å². The maximum atomic E-state index is 13.8. The van der Waals surface area contributed by atoms with Crippen LogP contribution >= 0.6 is 43.5 Å². The lowest BCUT2D eigenvalue weighted by atomic mass is 10.0. The van der Waals surface area contributed by atoms with E-state index in [9.17, 15) is 4.39 Å². The Morgan fingerprint density at radius 2 is 1.83 bits per heavy atom. The first-order valence-electron chi connectivity index (χ1n) is 5.40. The predicted molar refractivity (Wildman–Crippen MR) is 80.5 cm³/mol. The highest BCUT2D eigenvalue weighted by Crippen LogP contribution is 2.33. The summed E-state index contributed by atoms with van der Waals surface area (Å²) in [5.74, 6) is -0.278. The first-order chi connectivity index (χ1) is 8.58. The van der Waals surface area contributed by atoms with Crippen LogP contribution < -0.4 is 0 Å². The van der Waals surface area contributed by atoms with Crippen molar-refractivity contribution in [2.75, 3.05) is 0 Å². The minimum atomic E-state index is -0.394. The lowest BCUT2D eigenvalue weighted by molar-refractivity contribution is 0.604. The molecule has 0 aliphatic carbocycles. The summed E-state index contributed by atoms with van der Waals surface area (Å²) in [6.07, 6.45) is 0.584. The second-order valence-electron chi connectivity index (χ2n) is 3.94. The Kier molecular flexibility index (Phi) is 4.82. The lowest BCUT2D eigenvalue weighted by Crippen LogP contribution is -2.00. The Labute approximate surface area is 127 Å². The van der Waals surface area contributed by atoms with Crippen LogP contribution in [0, 0.1) is 5.82 Å². The fourth-order valence-corrected chi connectivity index (χ4v) is 3.38. The van der Waals surface area contributed by atoms with Crippen LogP contribution in [0.3, 0.4) is 0 Å². The average Bonchev–Trinajstić information content (AvgIpc) is 2.28. The van der Waals surface area contributed by atoms with E-state index >= 15 is 0 Å². The molecule has 0 aromatic heterocycles. The molecule has 0 heterocycles. The number of benzene rings is 2. The number of rotatable bonds is 3. The second kappa shape index (κ2) is 6.18. The molecule has 4 heteroatoms. The standard InChI is InChI=1S/C14H10Br2ClF/c15-10-4-1-3-9(7-10)8-12(17)14-11(16)5-2-6-13(14)18/h1-7,12H,8H2. The van der Waals surface area contributed by atoms with Gasteiger partial charge in [-0.1, -0.05) is 50.1 Å². The van der Waals surface area contributed by atoms with Crippen LogP contribution in [-0.2, 0) is 6.42 Å². The van der Waals surface area contributed by atoms with E-state index in [0.717, 1.165) is 10.0 Å². The van der Waals surface area contributed by atoms with Gasteiger partial charge in [0.25, 0.3) is 0 Å². The molecule has 0 aliphatic rings. The highest BCUT2D eigenvalue weighted by Gasteiger charge is 2.16. The summed E-state index contributed by atoms with van der Waals surface area (Å²) in [7, 11) is 0. The highest BCUT2D eigenvalue weighted by molar-refractivity contribution is 9.10. The maximum absolute atomic E-state index is 13.8. The van der Waals surface area contributed by atoms with Crippen LogP contribution in [0.4, 0.5) is 4.39 Å². The molecule has 0 amide bonds. The summed E-state index contributed by atoms with van der Waals surface area (Å²) < 4.78 is 15.5. The molecule has 2 rings (SSSR count). The van der Waals surface area contributed by atoms with E-state index in [1.807, 2.05) is 24.3 Å². The van der Waals surface area contributed by atoms with Gasteiger partial charge in [0.05, 0.1) is 5.38 Å². The molecule has 0 spiro atoms. The van der Waals surface area contributed by atoms with Gasteiger partial charge in [0.15, 0.2) is 0 Å². The molecular formula is C14H10Br2ClF. The van der Waals surface area contributed by atoms with E-state index < -0.39 is 5.38 Å². The first-order valence-corrected chi connectivity index (χ1v) is 7.42. The number of hydrogen-bond donors (Lipinski definition) is 0. The zero-order valence-corrected chi connectivity index (χ0v) is 13.3. The van der Waals surface area contributed by atoms with Crippen molar-refractivity contribution < 1.29 is 4.39 Å². The molecule has 0 saturated carbocycles. The van der Waals surface area contributed by atoms with Crippen molar-refractivity contribution >= 4 is 43.5 Å². The number of alkyl halides is 1. The first kappa shape index (κ1) is 14.0. The third-order valence-electron chi connectivity index (χ3n) is 2.62. The molecule has 1 unspecified atom stereocenters. The third-order valence-corrected chi connectivity index (χ3v) is 4.17. The largest absolute Gasteiger partial charge is 0.207 e. The molecule has 0 saturated heterocycles. The van der Waals surface area contributed by atoms with Crippen molar-refractivity contribution in [2.24, 2.45) is 0 Å². The lowest BCUT2D eigenvalue weighted by Gasteiger charge is -2.13. The van der Waals surface area contributed by atoms with Crippen molar-refractivity contribution in [3.63, 3.8) is 0 Å². The molecule has 0 nitrogen and oxygen atoms in total. The van der Waals surface area contributed by atoms with E-state index in [-0.39, 0.29) is 5.82 Å². The van der Waals surface area contributed by atoms with E-state index in [1.54, 1.807) is 12.1 Å². The molecule has 2 aromatic rings. The van der Waals surface area contributed by atoms with Gasteiger partial charge in [-0.15, -0.1) is 11.6 Å². The molecule has 0 bridgehead atoms. The zero-order chi connectivity index (χ0) is 13.1. The summed E-state index contributed by atoms with van der Waals surface area (Å²) >= 11 is 13.1. The topological polar surface area (TPSA) is 0 Å². The van der Waals surface area contributed by atoms with Gasteiger partial charge in [-0.25, -0.2) is 4.39 Å². The van der Waals surface area contributed by atoms with E-state index in [0.29, 0.717) is 16.5 Å². The third kappa shape index (κ3) is 3.34. The van der Waals surface area contributed by atoms with Crippen molar-refractivity contribution in [3.8, 4) is 0 Å². The van der Waals surface area contributed by atoms with E-state index in [2.05, 4.69) is 31.9 Å². The molecular weight excluding hydrogens is 382 g/mol. The van der Waals surface area contributed by atoms with Crippen molar-refractivity contribution in [1.82, 2.24) is 0 Å². The quantitative estimate of drug-likeness (QED) is 0.573. The zero-order valence-electron chi connectivity index (χ0n) is 9.34. The van der Waals surface area contributed by atoms with Gasteiger partial charge in [-0.3, -0.25) is 0 Å². The molecule has 94 valence electrons. The Bertz CT molecular complexity index is 537. The maximum Gasteiger partial charge on any atom is 0.129 e. The molecule has 0 N–H and O–H groups in total. The number of halogens is 4.